The topological polar surface area (TPSA) is 55.1 Å². The highest BCUT2D eigenvalue weighted by molar-refractivity contribution is 6.31. The van der Waals surface area contributed by atoms with E-state index in [1.807, 2.05) is 5.32 Å². The summed E-state index contributed by atoms with van der Waals surface area (Å²) in [6.45, 7) is 1.36. The number of benzene rings is 1. The highest BCUT2D eigenvalue weighted by atomic mass is 35.5. The molecule has 0 aliphatic carbocycles. The highest BCUT2D eigenvalue weighted by Gasteiger charge is 2.15. The van der Waals surface area contributed by atoms with Crippen molar-refractivity contribution in [2.75, 3.05) is 5.32 Å². The molecule has 0 spiro atoms. The maximum absolute atomic E-state index is 13.3. The molecule has 0 unspecified atom stereocenters. The van der Waals surface area contributed by atoms with Crippen molar-refractivity contribution in [2.24, 2.45) is 5.73 Å². The van der Waals surface area contributed by atoms with Crippen LogP contribution in [0.2, 0.25) is 5.02 Å². The molecule has 0 radical (unpaired) electrons. The molecule has 0 bridgehead atoms. The van der Waals surface area contributed by atoms with Crippen molar-refractivity contribution in [3.63, 3.8) is 0 Å². The Kier molecular flexibility index (Phi) is 2.90. The number of hydrogen-bond donors (Lipinski definition) is 2. The molecule has 3 nitrogen and oxygen atoms in total. The summed E-state index contributed by atoms with van der Waals surface area (Å²) in [6, 6.07) is -0.130. The Bertz CT molecular complexity index is 395. The molecule has 1 aromatic rings. The standard InChI is InChI=1S/C8H7ClF2N2O/c1-3-4(9)2-5(10)7(6(3)11)13-8(12)14/h2H,1H3,(H3,12,13,14). The number of urea groups is 1. The Balaban J connectivity index is 3.29. The number of carbonyl (C=O) groups excluding carboxylic acids is 1. The average Bonchev–Trinajstić information content (AvgIpc) is 2.09. The molecule has 6 heteroatoms. The molecule has 0 aromatic heterocycles. The van der Waals surface area contributed by atoms with Gasteiger partial charge < -0.3 is 11.1 Å². The van der Waals surface area contributed by atoms with E-state index in [9.17, 15) is 13.6 Å². The van der Waals surface area contributed by atoms with Gasteiger partial charge in [0.05, 0.1) is 0 Å². The zero-order chi connectivity index (χ0) is 10.9. The molecule has 0 aliphatic rings. The Hall–Kier alpha value is -1.36. The molecular weight excluding hydrogens is 214 g/mol. The summed E-state index contributed by atoms with van der Waals surface area (Å²) in [6.07, 6.45) is 0. The molecule has 0 aliphatic heterocycles. The molecule has 0 saturated carbocycles. The van der Waals surface area contributed by atoms with Crippen LogP contribution in [-0.2, 0) is 0 Å². The minimum absolute atomic E-state index is 0.0463. The van der Waals surface area contributed by atoms with Crippen molar-refractivity contribution >= 4 is 23.3 Å². The van der Waals surface area contributed by atoms with E-state index < -0.39 is 23.4 Å². The van der Waals surface area contributed by atoms with Crippen LogP contribution in [0, 0.1) is 18.6 Å². The number of nitrogens with one attached hydrogen (secondary N) is 1. The van der Waals surface area contributed by atoms with Crippen LogP contribution in [-0.4, -0.2) is 6.03 Å². The number of primary amides is 1. The third-order valence-corrected chi connectivity index (χ3v) is 2.04. The number of amides is 2. The fourth-order valence-electron chi connectivity index (χ4n) is 0.927. The van der Waals surface area contributed by atoms with E-state index in [-0.39, 0.29) is 10.6 Å². The first-order valence-corrected chi connectivity index (χ1v) is 4.02. The van der Waals surface area contributed by atoms with Crippen molar-refractivity contribution in [2.45, 2.75) is 6.92 Å². The van der Waals surface area contributed by atoms with Crippen LogP contribution in [0.5, 0.6) is 0 Å². The third-order valence-electron chi connectivity index (χ3n) is 1.65. The van der Waals surface area contributed by atoms with Crippen LogP contribution in [0.15, 0.2) is 6.07 Å². The minimum atomic E-state index is -1.04. The predicted molar refractivity (Wildman–Crippen MR) is 49.3 cm³/mol. The first kappa shape index (κ1) is 10.7. The SMILES string of the molecule is Cc1c(Cl)cc(F)c(NC(N)=O)c1F. The lowest BCUT2D eigenvalue weighted by atomic mass is 10.2. The van der Waals surface area contributed by atoms with Gasteiger partial charge >= 0.3 is 6.03 Å². The number of halogens is 3. The summed E-state index contributed by atoms with van der Waals surface area (Å²) in [7, 11) is 0. The van der Waals surface area contributed by atoms with Crippen LogP contribution >= 0.6 is 11.6 Å². The van der Waals surface area contributed by atoms with Crippen LogP contribution in [0.4, 0.5) is 19.3 Å². The van der Waals surface area contributed by atoms with Gasteiger partial charge in [-0.25, -0.2) is 13.6 Å². The van der Waals surface area contributed by atoms with Crippen LogP contribution in [0.25, 0.3) is 0 Å². The van der Waals surface area contributed by atoms with E-state index in [0.29, 0.717) is 0 Å². The third kappa shape index (κ3) is 1.93. The summed E-state index contributed by atoms with van der Waals surface area (Å²) >= 11 is 5.50. The van der Waals surface area contributed by atoms with E-state index in [1.165, 1.54) is 6.92 Å². The van der Waals surface area contributed by atoms with Gasteiger partial charge in [0.15, 0.2) is 11.6 Å². The molecule has 0 atom stereocenters. The Labute approximate surface area is 83.8 Å². The van der Waals surface area contributed by atoms with Crippen LogP contribution < -0.4 is 11.1 Å². The molecule has 3 N–H and O–H groups in total. The molecule has 14 heavy (non-hydrogen) atoms. The van der Waals surface area contributed by atoms with Crippen molar-refractivity contribution in [3.8, 4) is 0 Å². The predicted octanol–water partition coefficient (Wildman–Crippen LogP) is 2.42. The molecule has 2 amide bonds. The lowest BCUT2D eigenvalue weighted by molar-refractivity contribution is 0.259. The summed E-state index contributed by atoms with van der Waals surface area (Å²) in [4.78, 5) is 10.4. The number of anilines is 1. The molecule has 76 valence electrons. The molecule has 0 fully saturated rings. The van der Waals surface area contributed by atoms with E-state index in [1.54, 1.807) is 0 Å². The lowest BCUT2D eigenvalue weighted by Crippen LogP contribution is -2.21. The number of rotatable bonds is 1. The molecule has 1 aromatic carbocycles. The quantitative estimate of drug-likeness (QED) is 0.750. The van der Waals surface area contributed by atoms with E-state index in [2.05, 4.69) is 0 Å². The Morgan fingerprint density at radius 2 is 2.14 bits per heavy atom. The maximum atomic E-state index is 13.3. The second-order valence-corrected chi connectivity index (χ2v) is 3.05. The van der Waals surface area contributed by atoms with Gasteiger partial charge in [-0.3, -0.25) is 0 Å². The van der Waals surface area contributed by atoms with Crippen molar-refractivity contribution < 1.29 is 13.6 Å². The summed E-state index contributed by atoms with van der Waals surface area (Å²) < 4.78 is 26.3. The fraction of sp³-hybridized carbons (Fsp3) is 0.125. The van der Waals surface area contributed by atoms with E-state index in [0.717, 1.165) is 6.07 Å². The van der Waals surface area contributed by atoms with Crippen molar-refractivity contribution in [1.82, 2.24) is 0 Å². The summed E-state index contributed by atoms with van der Waals surface area (Å²) in [5, 5.41) is 1.79. The second kappa shape index (κ2) is 3.79. The summed E-state index contributed by atoms with van der Waals surface area (Å²) in [5.41, 5.74) is 4.20. The van der Waals surface area contributed by atoms with E-state index >= 15 is 0 Å². The highest BCUT2D eigenvalue weighted by Crippen LogP contribution is 2.27. The second-order valence-electron chi connectivity index (χ2n) is 2.64. The lowest BCUT2D eigenvalue weighted by Gasteiger charge is -2.08. The summed E-state index contributed by atoms with van der Waals surface area (Å²) in [5.74, 6) is -1.88. The Morgan fingerprint density at radius 3 is 2.64 bits per heavy atom. The minimum Gasteiger partial charge on any atom is -0.351 e. The van der Waals surface area contributed by atoms with Gasteiger partial charge in [-0.1, -0.05) is 11.6 Å². The Morgan fingerprint density at radius 1 is 1.57 bits per heavy atom. The maximum Gasteiger partial charge on any atom is 0.316 e. The largest absolute Gasteiger partial charge is 0.351 e. The molecular formula is C8H7ClF2N2O. The zero-order valence-corrected chi connectivity index (χ0v) is 7.95. The smallest absolute Gasteiger partial charge is 0.316 e. The van der Waals surface area contributed by atoms with Gasteiger partial charge in [-0.2, -0.15) is 0 Å². The first-order chi connectivity index (χ1) is 6.43. The number of hydrogen-bond acceptors (Lipinski definition) is 1. The van der Waals surface area contributed by atoms with Crippen LogP contribution in [0.1, 0.15) is 5.56 Å². The fourth-order valence-corrected chi connectivity index (χ4v) is 1.11. The van der Waals surface area contributed by atoms with E-state index in [4.69, 9.17) is 17.3 Å². The normalized spacial score (nSPS) is 10.0. The van der Waals surface area contributed by atoms with Gasteiger partial charge in [-0.15, -0.1) is 0 Å². The van der Waals surface area contributed by atoms with Gasteiger partial charge in [0, 0.05) is 10.6 Å². The molecule has 1 rings (SSSR count). The van der Waals surface area contributed by atoms with Crippen LogP contribution in [0.3, 0.4) is 0 Å². The first-order valence-electron chi connectivity index (χ1n) is 3.64. The van der Waals surface area contributed by atoms with Gasteiger partial charge in [0.2, 0.25) is 0 Å². The van der Waals surface area contributed by atoms with Crippen molar-refractivity contribution in [1.29, 1.82) is 0 Å². The van der Waals surface area contributed by atoms with Gasteiger partial charge in [0.25, 0.3) is 0 Å². The van der Waals surface area contributed by atoms with Gasteiger partial charge in [-0.05, 0) is 13.0 Å². The number of carbonyl (C=O) groups is 1. The zero-order valence-electron chi connectivity index (χ0n) is 7.20. The monoisotopic (exact) mass is 220 g/mol. The van der Waals surface area contributed by atoms with Gasteiger partial charge in [0.1, 0.15) is 5.69 Å². The molecule has 0 saturated heterocycles. The van der Waals surface area contributed by atoms with Crippen molar-refractivity contribution in [3.05, 3.63) is 28.3 Å². The average molecular weight is 221 g/mol. The molecule has 0 heterocycles. The number of nitrogens with two attached hydrogens (primary N) is 1.